The van der Waals surface area contributed by atoms with Crippen LogP contribution >= 0.6 is 15.2 Å². The van der Waals surface area contributed by atoms with Gasteiger partial charge in [-0.1, -0.05) is 50.6 Å². The van der Waals surface area contributed by atoms with E-state index in [1.807, 2.05) is 30.3 Å². The summed E-state index contributed by atoms with van der Waals surface area (Å²) in [4.78, 5) is 86.8. The van der Waals surface area contributed by atoms with E-state index in [0.29, 0.717) is 24.0 Å². The van der Waals surface area contributed by atoms with E-state index >= 15 is 0 Å². The molecular weight excluding hydrogens is 717 g/mol. The van der Waals surface area contributed by atoms with Crippen molar-refractivity contribution in [2.75, 3.05) is 26.4 Å². The maximum Gasteiger partial charge on any atom is 0.477 e. The van der Waals surface area contributed by atoms with Gasteiger partial charge >= 0.3 is 27.8 Å². The number of aromatic nitrogens is 2. The van der Waals surface area contributed by atoms with Crippen molar-refractivity contribution in [3.05, 3.63) is 60.2 Å². The first kappa shape index (κ1) is 38.9. The van der Waals surface area contributed by atoms with Crippen LogP contribution in [0.3, 0.4) is 0 Å². The van der Waals surface area contributed by atoms with E-state index in [9.17, 15) is 43.1 Å². The lowest BCUT2D eigenvalue weighted by Crippen LogP contribution is -2.74. The molecule has 2 aliphatic carbocycles. The summed E-state index contributed by atoms with van der Waals surface area (Å²) < 4.78 is 43.2. The fourth-order valence-electron chi connectivity index (χ4n) is 9.11. The molecule has 19 heteroatoms. The topological polar surface area (TPSA) is 232 Å². The number of amides is 1. The molecule has 4 fully saturated rings. The Balaban J connectivity index is 1.28. The van der Waals surface area contributed by atoms with E-state index in [1.165, 1.54) is 18.6 Å². The van der Waals surface area contributed by atoms with Gasteiger partial charge < -0.3 is 43.3 Å². The number of hydrogen-bond donors (Lipinski definition) is 5. The summed E-state index contributed by atoms with van der Waals surface area (Å²) in [7, 11) is -10.6. The number of carbonyl (C=O) groups excluding carboxylic acids is 3. The predicted molar refractivity (Wildman–Crippen MR) is 186 cm³/mol. The van der Waals surface area contributed by atoms with Crippen LogP contribution in [0.15, 0.2) is 48.9 Å². The average Bonchev–Trinajstić information content (AvgIpc) is 4.00. The van der Waals surface area contributed by atoms with E-state index in [0.717, 1.165) is 31.2 Å². The van der Waals surface area contributed by atoms with Gasteiger partial charge in [-0.15, -0.1) is 0 Å². The molecule has 1 aromatic heterocycles. The minimum atomic E-state index is -5.32. The van der Waals surface area contributed by atoms with Crippen molar-refractivity contribution in [3.63, 3.8) is 0 Å². The third kappa shape index (κ3) is 7.32. The van der Waals surface area contributed by atoms with Gasteiger partial charge in [0.25, 0.3) is 5.91 Å². The van der Waals surface area contributed by atoms with E-state index in [1.54, 1.807) is 0 Å². The third-order valence-electron chi connectivity index (χ3n) is 11.6. The molecule has 16 nitrogen and oxygen atoms in total. The average molecular weight is 765 g/mol. The number of ether oxygens (including phenoxy) is 1. The number of carbonyl (C=O) groups is 3. The first-order valence-corrected chi connectivity index (χ1v) is 21.0. The number of hydrogen-bond acceptors (Lipinski definition) is 10. The Bertz CT molecular complexity index is 1700. The highest BCUT2D eigenvalue weighted by molar-refractivity contribution is 7.70. The smallest absolute Gasteiger partial charge is 0.477 e. The lowest BCUT2D eigenvalue weighted by atomic mass is 9.50. The van der Waals surface area contributed by atoms with Crippen molar-refractivity contribution in [3.8, 4) is 0 Å². The van der Waals surface area contributed by atoms with Crippen LogP contribution in [0.5, 0.6) is 0 Å². The molecule has 2 saturated heterocycles. The number of quaternary nitrogens is 1. The van der Waals surface area contributed by atoms with Crippen molar-refractivity contribution in [1.29, 1.82) is 0 Å². The number of fused-ring (bicyclic) bond motifs is 3. The molecular formula is C33H47BN4O12P2. The van der Waals surface area contributed by atoms with Crippen molar-refractivity contribution in [2.24, 2.45) is 5.92 Å². The number of nitrogens with zero attached hydrogens (tertiary/aromatic N) is 3. The highest BCUT2D eigenvalue weighted by Crippen LogP contribution is 2.71. The molecule has 2 aromatic rings. The SMILES string of the molecule is CC(C)C[C@H](CC(=O)[C@H](Cc1ccccc1)NC(=O)c1cnccn1)[B-]12OCC3(CC3)[N+]1(CCOC(=O)CC(P(=O)(O)O)P(=O)(O)O)C1(CC1)CO2. The quantitative estimate of drug-likeness (QED) is 0.0886. The Morgan fingerprint density at radius 2 is 1.58 bits per heavy atom. The zero-order chi connectivity index (χ0) is 37.6. The zero-order valence-corrected chi connectivity index (χ0v) is 31.1. The van der Waals surface area contributed by atoms with Gasteiger partial charge in [-0.25, -0.2) is 4.98 Å². The van der Waals surface area contributed by atoms with E-state index in [4.69, 9.17) is 14.0 Å². The number of Topliss-reactive ketones (excluding diaryl/α,β-unsaturated/α-hetero) is 1. The largest absolute Gasteiger partial charge is 0.509 e. The molecule has 5 N–H and O–H groups in total. The fraction of sp³-hybridized carbons (Fsp3) is 0.606. The lowest BCUT2D eigenvalue weighted by Gasteiger charge is -2.58. The van der Waals surface area contributed by atoms with Gasteiger partial charge in [0.2, 0.25) is 0 Å². The number of benzene rings is 1. The lowest BCUT2D eigenvalue weighted by molar-refractivity contribution is -0.894. The fourth-order valence-corrected chi connectivity index (χ4v) is 11.5. The van der Waals surface area contributed by atoms with E-state index < -0.39 is 57.4 Å². The molecule has 0 bridgehead atoms. The minimum Gasteiger partial charge on any atom is -0.509 e. The molecule has 6 rings (SSSR count). The Morgan fingerprint density at radius 1 is 0.962 bits per heavy atom. The van der Waals surface area contributed by atoms with Crippen LogP contribution in [0.4, 0.5) is 0 Å². The summed E-state index contributed by atoms with van der Waals surface area (Å²) in [5.41, 5.74) is 0.278. The molecule has 1 aromatic carbocycles. The number of nitrogens with one attached hydrogen (secondary N) is 1. The van der Waals surface area contributed by atoms with Crippen LogP contribution < -0.4 is 5.32 Å². The van der Waals surface area contributed by atoms with Crippen LogP contribution in [0.25, 0.3) is 0 Å². The second kappa shape index (κ2) is 14.4. The van der Waals surface area contributed by atoms with Gasteiger partial charge in [-0.2, -0.15) is 0 Å². The Labute approximate surface area is 301 Å². The number of esters is 1. The highest BCUT2D eigenvalue weighted by Gasteiger charge is 2.84. The Kier molecular flexibility index (Phi) is 10.8. The van der Waals surface area contributed by atoms with Crippen LogP contribution in [0, 0.1) is 5.92 Å². The zero-order valence-electron chi connectivity index (χ0n) is 29.3. The number of ketones is 1. The van der Waals surface area contributed by atoms with Gasteiger partial charge in [0.15, 0.2) is 11.2 Å². The maximum atomic E-state index is 14.5. The van der Waals surface area contributed by atoms with Crippen molar-refractivity contribution in [2.45, 2.75) is 93.6 Å². The molecule has 52 heavy (non-hydrogen) atoms. The van der Waals surface area contributed by atoms with Gasteiger partial charge in [-0.3, -0.25) is 28.5 Å². The van der Waals surface area contributed by atoms with Crippen LogP contribution in [-0.2, 0) is 39.2 Å². The minimum absolute atomic E-state index is 0.0363. The van der Waals surface area contributed by atoms with Gasteiger partial charge in [-0.05, 0) is 30.1 Å². The van der Waals surface area contributed by atoms with E-state index in [-0.39, 0.29) is 54.5 Å². The normalized spacial score (nSPS) is 25.2. The molecule has 284 valence electrons. The predicted octanol–water partition coefficient (Wildman–Crippen LogP) is 2.69. The molecule has 0 radical (unpaired) electrons. The van der Waals surface area contributed by atoms with Gasteiger partial charge in [0, 0.05) is 38.1 Å². The summed E-state index contributed by atoms with van der Waals surface area (Å²) >= 11 is 0. The second-order valence-corrected chi connectivity index (χ2v) is 19.4. The van der Waals surface area contributed by atoms with Crippen LogP contribution in [0.1, 0.15) is 74.8 Å². The van der Waals surface area contributed by atoms with Crippen LogP contribution in [0.2, 0.25) is 5.82 Å². The van der Waals surface area contributed by atoms with E-state index in [2.05, 4.69) is 29.1 Å². The molecule has 0 unspecified atom stereocenters. The van der Waals surface area contributed by atoms with Crippen LogP contribution in [-0.4, -0.2) is 107 Å². The molecule has 2 atom stereocenters. The molecule has 2 spiro atoms. The molecule has 2 aliphatic heterocycles. The maximum absolute atomic E-state index is 14.5. The Morgan fingerprint density at radius 3 is 2.10 bits per heavy atom. The summed E-state index contributed by atoms with van der Waals surface area (Å²) in [6.45, 7) is 2.68. The standard InChI is InChI=1S/C33H47BN4O12P2/c1-23(2)16-25(18-28(39)26(17-24-6-4-3-5-7-24)37-31(41)27-20-35-12-13-36-27)34-38(32(8-9-32)21-49-34,33(10-11-33)22-50-34)14-15-48-29(40)19-30(51(42,43)44)52(45,46)47/h3-7,12-13,20,23,25-26,30H,8-11,14-19,21-22H2,1-2H3,(H,37,41)(H2,42,43,44)(H2,45,46,47)/t25-,26+,34?,38?/m1/s1. The monoisotopic (exact) mass is 764 g/mol. The second-order valence-electron chi connectivity index (χ2n) is 15.3. The molecule has 2 saturated carbocycles. The summed E-state index contributed by atoms with van der Waals surface area (Å²) in [6.07, 6.45) is 7.24. The summed E-state index contributed by atoms with van der Waals surface area (Å²) in [5, 5.41) is 0.396. The third-order valence-corrected chi connectivity index (χ3v) is 15.3. The molecule has 4 aliphatic rings. The summed E-state index contributed by atoms with van der Waals surface area (Å²) in [6, 6.07) is 8.49. The van der Waals surface area contributed by atoms with Crippen molar-refractivity contribution >= 4 is 39.5 Å². The molecule has 3 heterocycles. The summed E-state index contributed by atoms with van der Waals surface area (Å²) in [5.74, 6) is -2.15. The first-order chi connectivity index (χ1) is 24.5. The molecule has 1 amide bonds. The van der Waals surface area contributed by atoms with Gasteiger partial charge in [0.1, 0.15) is 12.3 Å². The Hall–Kier alpha value is -2.85. The van der Waals surface area contributed by atoms with Crippen molar-refractivity contribution < 1.29 is 61.5 Å². The highest BCUT2D eigenvalue weighted by atomic mass is 31.2. The van der Waals surface area contributed by atoms with Gasteiger partial charge in [0.05, 0.1) is 49.5 Å². The van der Waals surface area contributed by atoms with Crippen molar-refractivity contribution in [1.82, 2.24) is 15.3 Å². The first-order valence-electron chi connectivity index (χ1n) is 17.7. The number of rotatable bonds is 17.